The molecule has 0 spiro atoms. The Balaban J connectivity index is 1.62. The molecular formula is C20H16N6. The number of H-pyrrole nitrogens is 1. The zero-order chi connectivity index (χ0) is 17.9. The van der Waals surface area contributed by atoms with Crippen molar-refractivity contribution < 1.29 is 0 Å². The molecule has 0 bridgehead atoms. The summed E-state index contributed by atoms with van der Waals surface area (Å²) in [5.41, 5.74) is 3.53. The summed E-state index contributed by atoms with van der Waals surface area (Å²) in [5.74, 6) is 5.00. The predicted octanol–water partition coefficient (Wildman–Crippen LogP) is 3.54. The zero-order valence-corrected chi connectivity index (χ0v) is 14.0. The lowest BCUT2D eigenvalue weighted by molar-refractivity contribution is 0.966. The van der Waals surface area contributed by atoms with E-state index >= 15 is 0 Å². The van der Waals surface area contributed by atoms with E-state index in [1.54, 1.807) is 6.20 Å². The Morgan fingerprint density at radius 1 is 1.27 bits per heavy atom. The van der Waals surface area contributed by atoms with Gasteiger partial charge in [0, 0.05) is 29.4 Å². The van der Waals surface area contributed by atoms with Crippen LogP contribution in [0.1, 0.15) is 35.6 Å². The maximum Gasteiger partial charge on any atom is 0.161 e. The highest BCUT2D eigenvalue weighted by molar-refractivity contribution is 5.65. The number of aromatic nitrogens is 4. The number of anilines is 2. The third-order valence-electron chi connectivity index (χ3n) is 4.30. The van der Waals surface area contributed by atoms with Gasteiger partial charge in [0.05, 0.1) is 18.1 Å². The molecule has 126 valence electrons. The number of rotatable bonds is 5. The van der Waals surface area contributed by atoms with Gasteiger partial charge in [-0.25, -0.2) is 9.97 Å². The maximum atomic E-state index is 8.77. The molecule has 6 heteroatoms. The Kier molecular flexibility index (Phi) is 4.09. The molecule has 2 heterocycles. The number of aromatic amines is 1. The summed E-state index contributed by atoms with van der Waals surface area (Å²) in [5, 5.41) is 19.3. The van der Waals surface area contributed by atoms with Crippen LogP contribution in [0.15, 0.2) is 36.5 Å². The fourth-order valence-electron chi connectivity index (χ4n) is 2.71. The molecule has 0 atom stereocenters. The average Bonchev–Trinajstić information content (AvgIpc) is 3.42. The molecule has 6 nitrogen and oxygen atoms in total. The molecule has 0 saturated heterocycles. The van der Waals surface area contributed by atoms with Crippen LogP contribution in [0, 0.1) is 23.7 Å². The minimum atomic E-state index is 0.381. The summed E-state index contributed by atoms with van der Waals surface area (Å²) in [6.07, 6.45) is 10.00. The van der Waals surface area contributed by atoms with Gasteiger partial charge >= 0.3 is 0 Å². The first-order chi connectivity index (χ1) is 12.8. The van der Waals surface area contributed by atoms with E-state index in [0.717, 1.165) is 16.8 Å². The average molecular weight is 340 g/mol. The van der Waals surface area contributed by atoms with E-state index in [0.29, 0.717) is 35.4 Å². The first-order valence-electron chi connectivity index (χ1n) is 8.39. The smallest absolute Gasteiger partial charge is 0.161 e. The summed E-state index contributed by atoms with van der Waals surface area (Å²) in [6.45, 7) is 0. The largest absolute Gasteiger partial charge is 0.322 e. The number of benzene rings is 1. The van der Waals surface area contributed by atoms with Crippen molar-refractivity contribution in [1.29, 1.82) is 5.26 Å². The normalized spacial score (nSPS) is 13.0. The van der Waals surface area contributed by atoms with Gasteiger partial charge in [-0.05, 0) is 18.4 Å². The summed E-state index contributed by atoms with van der Waals surface area (Å²) < 4.78 is 0. The highest BCUT2D eigenvalue weighted by Gasteiger charge is 2.25. The molecule has 1 fully saturated rings. The minimum absolute atomic E-state index is 0.381. The van der Waals surface area contributed by atoms with E-state index in [4.69, 9.17) is 11.7 Å². The number of nitriles is 1. The number of nitrogens with one attached hydrogen (secondary N) is 2. The van der Waals surface area contributed by atoms with E-state index in [1.807, 2.05) is 30.3 Å². The van der Waals surface area contributed by atoms with Crippen LogP contribution < -0.4 is 5.32 Å². The monoisotopic (exact) mass is 340 g/mol. The second-order valence-electron chi connectivity index (χ2n) is 6.24. The number of terminal acetylenes is 1. The standard InChI is InChI=1S/C20H16N6/c1-2-14-12-22-19(16-5-3-13(4-6-16)9-10-21)24-20(14)23-18-11-17(25-26-18)15-7-8-15/h1,3-6,11-12,15H,7-9H2,(H2,22,23,24,25,26). The maximum absolute atomic E-state index is 8.77. The van der Waals surface area contributed by atoms with E-state index in [2.05, 4.69) is 37.5 Å². The van der Waals surface area contributed by atoms with Crippen molar-refractivity contribution in [2.45, 2.75) is 25.2 Å². The third-order valence-corrected chi connectivity index (χ3v) is 4.30. The molecule has 1 aliphatic carbocycles. The second kappa shape index (κ2) is 6.70. The van der Waals surface area contributed by atoms with Crippen molar-refractivity contribution in [2.24, 2.45) is 0 Å². The van der Waals surface area contributed by atoms with Gasteiger partial charge in [-0.3, -0.25) is 5.10 Å². The van der Waals surface area contributed by atoms with Crippen LogP contribution in [-0.2, 0) is 6.42 Å². The number of hydrogen-bond donors (Lipinski definition) is 2. The molecule has 1 aromatic carbocycles. The van der Waals surface area contributed by atoms with Crippen LogP contribution in [-0.4, -0.2) is 20.2 Å². The van der Waals surface area contributed by atoms with Crippen LogP contribution in [0.25, 0.3) is 11.4 Å². The molecule has 3 aromatic rings. The van der Waals surface area contributed by atoms with Gasteiger partial charge in [0.2, 0.25) is 0 Å². The summed E-state index contributed by atoms with van der Waals surface area (Å²) in [4.78, 5) is 8.93. The number of nitrogens with zero attached hydrogens (tertiary/aromatic N) is 4. The van der Waals surface area contributed by atoms with E-state index in [-0.39, 0.29) is 0 Å². The summed E-state index contributed by atoms with van der Waals surface area (Å²) in [7, 11) is 0. The highest BCUT2D eigenvalue weighted by atomic mass is 15.2. The highest BCUT2D eigenvalue weighted by Crippen LogP contribution is 2.39. The molecule has 4 rings (SSSR count). The summed E-state index contributed by atoms with van der Waals surface area (Å²) in [6, 6.07) is 11.7. The lowest BCUT2D eigenvalue weighted by atomic mass is 10.1. The molecule has 1 aliphatic rings. The van der Waals surface area contributed by atoms with E-state index in [1.165, 1.54) is 12.8 Å². The molecule has 1 saturated carbocycles. The lowest BCUT2D eigenvalue weighted by Crippen LogP contribution is -2.01. The molecule has 0 aliphatic heterocycles. The van der Waals surface area contributed by atoms with Gasteiger partial charge in [-0.15, -0.1) is 6.42 Å². The second-order valence-corrected chi connectivity index (χ2v) is 6.24. The van der Waals surface area contributed by atoms with Crippen molar-refractivity contribution in [3.8, 4) is 29.8 Å². The first kappa shape index (κ1) is 15.9. The minimum Gasteiger partial charge on any atom is -0.322 e. The van der Waals surface area contributed by atoms with Crippen LogP contribution in [0.4, 0.5) is 11.6 Å². The van der Waals surface area contributed by atoms with Crippen LogP contribution in [0.3, 0.4) is 0 Å². The Morgan fingerprint density at radius 3 is 2.77 bits per heavy atom. The van der Waals surface area contributed by atoms with Crippen LogP contribution in [0.2, 0.25) is 0 Å². The van der Waals surface area contributed by atoms with Gasteiger partial charge in [-0.2, -0.15) is 10.4 Å². The summed E-state index contributed by atoms with van der Waals surface area (Å²) >= 11 is 0. The fourth-order valence-corrected chi connectivity index (χ4v) is 2.71. The van der Waals surface area contributed by atoms with Gasteiger partial charge in [0.25, 0.3) is 0 Å². The van der Waals surface area contributed by atoms with Gasteiger partial charge in [0.15, 0.2) is 17.5 Å². The molecule has 0 amide bonds. The van der Waals surface area contributed by atoms with Crippen molar-refractivity contribution in [3.63, 3.8) is 0 Å². The number of hydrogen-bond acceptors (Lipinski definition) is 5. The molecule has 26 heavy (non-hydrogen) atoms. The Hall–Kier alpha value is -3.64. The van der Waals surface area contributed by atoms with Crippen LogP contribution >= 0.6 is 0 Å². The molecular weight excluding hydrogens is 324 g/mol. The predicted molar refractivity (Wildman–Crippen MR) is 98.6 cm³/mol. The SMILES string of the molecule is C#Cc1cnc(-c2ccc(CC#N)cc2)nc1Nc1cc(C2CC2)[nH]n1. The Bertz CT molecular complexity index is 1020. The zero-order valence-electron chi connectivity index (χ0n) is 14.0. The lowest BCUT2D eigenvalue weighted by Gasteiger charge is -2.08. The molecule has 2 N–H and O–H groups in total. The fraction of sp³-hybridized carbons (Fsp3) is 0.200. The topological polar surface area (TPSA) is 90.3 Å². The van der Waals surface area contributed by atoms with Crippen molar-refractivity contribution in [2.75, 3.05) is 5.32 Å². The first-order valence-corrected chi connectivity index (χ1v) is 8.39. The van der Waals surface area contributed by atoms with E-state index in [9.17, 15) is 0 Å². The van der Waals surface area contributed by atoms with Crippen molar-refractivity contribution >= 4 is 11.6 Å². The van der Waals surface area contributed by atoms with Crippen molar-refractivity contribution in [3.05, 3.63) is 53.3 Å². The van der Waals surface area contributed by atoms with E-state index < -0.39 is 0 Å². The third kappa shape index (κ3) is 3.26. The van der Waals surface area contributed by atoms with Crippen molar-refractivity contribution in [1.82, 2.24) is 20.2 Å². The molecule has 0 radical (unpaired) electrons. The van der Waals surface area contributed by atoms with Gasteiger partial charge in [-0.1, -0.05) is 30.2 Å². The Labute approximate surface area is 151 Å². The quantitative estimate of drug-likeness (QED) is 0.693. The Morgan fingerprint density at radius 2 is 2.08 bits per heavy atom. The van der Waals surface area contributed by atoms with Gasteiger partial charge < -0.3 is 5.32 Å². The van der Waals surface area contributed by atoms with Gasteiger partial charge in [0.1, 0.15) is 0 Å². The molecule has 2 aromatic heterocycles. The molecule has 0 unspecified atom stereocenters. The van der Waals surface area contributed by atoms with Crippen LogP contribution in [0.5, 0.6) is 0 Å².